The van der Waals surface area contributed by atoms with E-state index in [-0.39, 0.29) is 0 Å². The second-order valence-corrected chi connectivity index (χ2v) is 6.59. The molecule has 0 spiro atoms. The lowest BCUT2D eigenvalue weighted by Crippen LogP contribution is -1.99. The molecule has 1 atom stereocenters. The standard InChI is InChI=1S/C6H8N6S3/c1-4-8-10-12(9-4)15-5(2)13-6-3-7-11-14-6/h3,5H,1-2H3. The van der Waals surface area contributed by atoms with Crippen molar-refractivity contribution in [2.75, 3.05) is 0 Å². The number of tetrazole rings is 1. The molecule has 2 rings (SSSR count). The Kier molecular flexibility index (Phi) is 3.54. The van der Waals surface area contributed by atoms with Gasteiger partial charge in [-0.25, -0.2) is 0 Å². The summed E-state index contributed by atoms with van der Waals surface area (Å²) < 4.78 is 6.71. The number of thioether (sulfide) groups is 1. The molecule has 6 nitrogen and oxygen atoms in total. The van der Waals surface area contributed by atoms with Crippen molar-refractivity contribution in [3.8, 4) is 0 Å². The number of aromatic nitrogens is 6. The summed E-state index contributed by atoms with van der Waals surface area (Å²) in [6, 6.07) is 0. The normalized spacial score (nSPS) is 12.9. The highest BCUT2D eigenvalue weighted by Crippen LogP contribution is 2.31. The number of hydrogen-bond acceptors (Lipinski definition) is 8. The fourth-order valence-corrected chi connectivity index (χ4v) is 3.65. The second kappa shape index (κ2) is 4.90. The lowest BCUT2D eigenvalue weighted by molar-refractivity contribution is 0.815. The average Bonchev–Trinajstić information content (AvgIpc) is 2.77. The van der Waals surface area contributed by atoms with Crippen molar-refractivity contribution in [2.45, 2.75) is 22.6 Å². The van der Waals surface area contributed by atoms with E-state index < -0.39 is 0 Å². The van der Waals surface area contributed by atoms with Crippen LogP contribution in [-0.4, -0.2) is 33.8 Å². The number of rotatable bonds is 4. The summed E-state index contributed by atoms with van der Waals surface area (Å²) >= 11 is 4.58. The number of hydrogen-bond donors (Lipinski definition) is 0. The molecule has 0 aromatic carbocycles. The van der Waals surface area contributed by atoms with E-state index in [1.165, 1.54) is 27.7 Å². The first-order valence-electron chi connectivity index (χ1n) is 4.12. The summed E-state index contributed by atoms with van der Waals surface area (Å²) in [5.74, 6) is 0.680. The van der Waals surface area contributed by atoms with Gasteiger partial charge < -0.3 is 0 Å². The molecule has 0 N–H and O–H groups in total. The number of aryl methyl sites for hydroxylation is 1. The molecule has 0 amide bonds. The summed E-state index contributed by atoms with van der Waals surface area (Å²) in [5, 5.41) is 15.5. The fraction of sp³-hybridized carbons (Fsp3) is 0.500. The minimum atomic E-state index is 0.292. The molecular weight excluding hydrogens is 252 g/mol. The summed E-state index contributed by atoms with van der Waals surface area (Å²) in [5.41, 5.74) is 0. The Morgan fingerprint density at radius 1 is 1.53 bits per heavy atom. The van der Waals surface area contributed by atoms with Crippen LogP contribution in [0.15, 0.2) is 10.4 Å². The van der Waals surface area contributed by atoms with Crippen molar-refractivity contribution in [3.05, 3.63) is 12.0 Å². The minimum absolute atomic E-state index is 0.292. The third kappa shape index (κ3) is 3.14. The smallest absolute Gasteiger partial charge is 0.145 e. The molecule has 80 valence electrons. The van der Waals surface area contributed by atoms with E-state index in [4.69, 9.17) is 0 Å². The van der Waals surface area contributed by atoms with Crippen LogP contribution in [0.3, 0.4) is 0 Å². The highest BCUT2D eigenvalue weighted by atomic mass is 32.2. The summed E-state index contributed by atoms with van der Waals surface area (Å²) in [7, 11) is 0. The Balaban J connectivity index is 1.90. The topological polar surface area (TPSA) is 69.4 Å². The van der Waals surface area contributed by atoms with Gasteiger partial charge >= 0.3 is 0 Å². The van der Waals surface area contributed by atoms with Gasteiger partial charge in [-0.1, -0.05) is 16.3 Å². The van der Waals surface area contributed by atoms with Gasteiger partial charge in [0.15, 0.2) is 5.82 Å². The largest absolute Gasteiger partial charge is 0.172 e. The molecule has 2 aromatic rings. The van der Waals surface area contributed by atoms with E-state index >= 15 is 0 Å². The van der Waals surface area contributed by atoms with E-state index in [1.54, 1.807) is 18.0 Å². The summed E-state index contributed by atoms with van der Waals surface area (Å²) in [6.45, 7) is 3.89. The van der Waals surface area contributed by atoms with Crippen LogP contribution in [0, 0.1) is 6.92 Å². The molecule has 2 aromatic heterocycles. The van der Waals surface area contributed by atoms with Crippen LogP contribution in [0.4, 0.5) is 0 Å². The first-order chi connectivity index (χ1) is 7.24. The number of nitrogens with zero attached hydrogens (tertiary/aromatic N) is 6. The van der Waals surface area contributed by atoms with Gasteiger partial charge in [0, 0.05) is 11.9 Å². The van der Waals surface area contributed by atoms with E-state index in [2.05, 4.69) is 31.9 Å². The van der Waals surface area contributed by atoms with Crippen LogP contribution in [0.1, 0.15) is 12.7 Å². The van der Waals surface area contributed by atoms with Crippen molar-refractivity contribution < 1.29 is 0 Å². The highest BCUT2D eigenvalue weighted by Gasteiger charge is 2.10. The zero-order valence-corrected chi connectivity index (χ0v) is 10.5. The molecule has 0 aliphatic carbocycles. The van der Waals surface area contributed by atoms with E-state index in [0.717, 1.165) is 4.21 Å². The summed E-state index contributed by atoms with van der Waals surface area (Å²) in [6.07, 6.45) is 1.76. The van der Waals surface area contributed by atoms with E-state index in [0.29, 0.717) is 10.4 Å². The van der Waals surface area contributed by atoms with Crippen molar-refractivity contribution in [2.24, 2.45) is 0 Å². The van der Waals surface area contributed by atoms with Crippen LogP contribution in [0.25, 0.3) is 0 Å². The maximum absolute atomic E-state index is 4.10. The molecule has 9 heteroatoms. The van der Waals surface area contributed by atoms with E-state index in [1.807, 2.05) is 6.92 Å². The van der Waals surface area contributed by atoms with Gasteiger partial charge in [-0.2, -0.15) is 0 Å². The monoisotopic (exact) mass is 260 g/mol. The zero-order valence-electron chi connectivity index (χ0n) is 8.06. The maximum Gasteiger partial charge on any atom is 0.172 e. The maximum atomic E-state index is 4.10. The molecule has 1 unspecified atom stereocenters. The Morgan fingerprint density at radius 3 is 3.00 bits per heavy atom. The Labute approximate surface area is 99.1 Å². The molecule has 0 aliphatic rings. The van der Waals surface area contributed by atoms with Gasteiger partial charge in [-0.15, -0.1) is 19.5 Å². The quantitative estimate of drug-likeness (QED) is 0.609. The van der Waals surface area contributed by atoms with E-state index in [9.17, 15) is 0 Å². The van der Waals surface area contributed by atoms with Gasteiger partial charge in [-0.3, -0.25) is 0 Å². The molecule has 0 aliphatic heterocycles. The van der Waals surface area contributed by atoms with Crippen molar-refractivity contribution in [1.29, 1.82) is 0 Å². The lowest BCUT2D eigenvalue weighted by atomic mass is 10.8. The van der Waals surface area contributed by atoms with Gasteiger partial charge in [-0.05, 0) is 30.6 Å². The highest BCUT2D eigenvalue weighted by molar-refractivity contribution is 8.16. The van der Waals surface area contributed by atoms with Gasteiger partial charge in [0.25, 0.3) is 0 Å². The molecule has 0 radical (unpaired) electrons. The molecule has 2 heterocycles. The Bertz CT molecular complexity index is 412. The molecule has 0 saturated heterocycles. The Hall–Kier alpha value is -0.670. The second-order valence-electron chi connectivity index (χ2n) is 2.62. The third-order valence-corrected chi connectivity index (χ3v) is 4.19. The minimum Gasteiger partial charge on any atom is -0.145 e. The van der Waals surface area contributed by atoms with Gasteiger partial charge in [0.2, 0.25) is 0 Å². The van der Waals surface area contributed by atoms with Crippen molar-refractivity contribution in [1.82, 2.24) is 29.2 Å². The van der Waals surface area contributed by atoms with Crippen LogP contribution >= 0.6 is 35.2 Å². The van der Waals surface area contributed by atoms with Crippen molar-refractivity contribution in [3.63, 3.8) is 0 Å². The first-order valence-corrected chi connectivity index (χ1v) is 6.61. The van der Waals surface area contributed by atoms with Crippen LogP contribution in [0.5, 0.6) is 0 Å². The zero-order chi connectivity index (χ0) is 10.7. The average molecular weight is 260 g/mol. The predicted octanol–water partition coefficient (Wildman–Crippen LogP) is 1.47. The fourth-order valence-electron chi connectivity index (χ4n) is 0.839. The Morgan fingerprint density at radius 2 is 2.40 bits per heavy atom. The summed E-state index contributed by atoms with van der Waals surface area (Å²) in [4.78, 5) is 0. The molecule has 0 bridgehead atoms. The van der Waals surface area contributed by atoms with Gasteiger partial charge in [0.1, 0.15) is 4.21 Å². The van der Waals surface area contributed by atoms with Crippen LogP contribution in [0.2, 0.25) is 0 Å². The molecule has 0 fully saturated rings. The lowest BCUT2D eigenvalue weighted by Gasteiger charge is -2.05. The molecular formula is C6H8N6S3. The SMILES string of the molecule is Cc1nnn(SC(C)Sc2cnns2)n1. The first kappa shape index (κ1) is 10.8. The predicted molar refractivity (Wildman–Crippen MR) is 60.8 cm³/mol. The third-order valence-electron chi connectivity index (χ3n) is 1.36. The van der Waals surface area contributed by atoms with Crippen LogP contribution < -0.4 is 0 Å². The van der Waals surface area contributed by atoms with Crippen molar-refractivity contribution >= 4 is 35.2 Å². The molecule has 15 heavy (non-hydrogen) atoms. The van der Waals surface area contributed by atoms with Crippen LogP contribution in [-0.2, 0) is 0 Å². The molecule has 0 saturated carbocycles. The van der Waals surface area contributed by atoms with Gasteiger partial charge in [0.05, 0.1) is 10.8 Å².